The number of unbranched alkanes of at least 4 members (excludes halogenated alkanes) is 1. The third-order valence-corrected chi connectivity index (χ3v) is 1.80. The predicted octanol–water partition coefficient (Wildman–Crippen LogP) is 1.80. The van der Waals surface area contributed by atoms with Crippen LogP contribution in [0.25, 0.3) is 0 Å². The Balaban J connectivity index is 0. The minimum Gasteiger partial charge on any atom is -0.257 e. The molecule has 0 bridgehead atoms. The second-order valence-corrected chi connectivity index (χ2v) is 4.17. The van der Waals surface area contributed by atoms with Crippen molar-refractivity contribution in [1.29, 1.82) is 0 Å². The Morgan fingerprint density at radius 2 is 1.83 bits per heavy atom. The van der Waals surface area contributed by atoms with E-state index in [1.54, 1.807) is 0 Å². The molecule has 0 aliphatic rings. The van der Waals surface area contributed by atoms with E-state index >= 15 is 0 Å². The molecule has 2 unspecified atom stereocenters. The standard InChI is InChI=1S/C4H10.C2H5O4PS/c1-3-4-2;1-8(5)2-6-7(3)4/h3-4H2,1-2H3;2H2,1H3/p+1. The Morgan fingerprint density at radius 1 is 1.42 bits per heavy atom. The van der Waals surface area contributed by atoms with Gasteiger partial charge in [0, 0.05) is 21.6 Å². The minimum absolute atomic E-state index is 0.175. The zero-order chi connectivity index (χ0) is 9.98. The molecule has 74 valence electrons. The van der Waals surface area contributed by atoms with Gasteiger partial charge in [-0.1, -0.05) is 26.7 Å². The van der Waals surface area contributed by atoms with E-state index < -0.39 is 19.1 Å². The summed E-state index contributed by atoms with van der Waals surface area (Å²) in [6.45, 7) is 4.36. The highest BCUT2D eigenvalue weighted by Gasteiger charge is 2.11. The highest BCUT2D eigenvalue weighted by atomic mass is 32.2. The zero-order valence-electron chi connectivity index (χ0n) is 7.65. The molecule has 0 aromatic heterocycles. The van der Waals surface area contributed by atoms with Gasteiger partial charge in [-0.25, -0.2) is 0 Å². The topological polar surface area (TPSA) is 63.6 Å². The average molecular weight is 215 g/mol. The highest BCUT2D eigenvalue weighted by molar-refractivity contribution is 7.84. The van der Waals surface area contributed by atoms with Crippen molar-refractivity contribution in [3.8, 4) is 0 Å². The summed E-state index contributed by atoms with van der Waals surface area (Å²) in [5.41, 5.74) is 0. The largest absolute Gasteiger partial charge is 0.695 e. The van der Waals surface area contributed by atoms with Crippen molar-refractivity contribution in [1.82, 2.24) is 0 Å². The van der Waals surface area contributed by atoms with Gasteiger partial charge in [0.2, 0.25) is 0 Å². The summed E-state index contributed by atoms with van der Waals surface area (Å²) in [5, 5.41) is 0. The van der Waals surface area contributed by atoms with Crippen LogP contribution in [-0.4, -0.2) is 21.3 Å². The lowest BCUT2D eigenvalue weighted by atomic mass is 10.4. The van der Waals surface area contributed by atoms with Gasteiger partial charge in [-0.15, -0.1) is 9.42 Å². The number of rotatable bonds is 4. The van der Waals surface area contributed by atoms with Crippen LogP contribution in [0.15, 0.2) is 0 Å². The van der Waals surface area contributed by atoms with E-state index in [4.69, 9.17) is 4.89 Å². The molecule has 6 heteroatoms. The fourth-order valence-electron chi connectivity index (χ4n) is 0.119. The van der Waals surface area contributed by atoms with Crippen molar-refractivity contribution in [2.45, 2.75) is 26.7 Å². The molecule has 1 N–H and O–H groups in total. The molecule has 12 heavy (non-hydrogen) atoms. The third-order valence-electron chi connectivity index (χ3n) is 0.829. The summed E-state index contributed by atoms with van der Waals surface area (Å²) in [6.07, 6.45) is 4.03. The van der Waals surface area contributed by atoms with Gasteiger partial charge < -0.3 is 0 Å². The summed E-state index contributed by atoms with van der Waals surface area (Å²) in [4.78, 5) is 7.95. The van der Waals surface area contributed by atoms with Crippen LogP contribution in [-0.2, 0) is 19.9 Å². The first kappa shape index (κ1) is 14.7. The van der Waals surface area contributed by atoms with E-state index in [1.807, 2.05) is 0 Å². The lowest BCUT2D eigenvalue weighted by molar-refractivity contribution is 0.328. The Kier molecular flexibility index (Phi) is 13.7. The fourth-order valence-corrected chi connectivity index (χ4v) is 1.07. The summed E-state index contributed by atoms with van der Waals surface area (Å²) in [6, 6.07) is 0. The van der Waals surface area contributed by atoms with Crippen LogP contribution in [0.5, 0.6) is 0 Å². The molecule has 2 atom stereocenters. The Morgan fingerprint density at radius 3 is 1.92 bits per heavy atom. The lowest BCUT2D eigenvalue weighted by Gasteiger charge is -1.79. The van der Waals surface area contributed by atoms with Gasteiger partial charge in [0.1, 0.15) is 0 Å². The van der Waals surface area contributed by atoms with Gasteiger partial charge in [0.25, 0.3) is 0 Å². The summed E-state index contributed by atoms with van der Waals surface area (Å²) in [5.74, 6) is -0.175. The molecule has 0 saturated carbocycles. The Labute approximate surface area is 76.7 Å². The van der Waals surface area contributed by atoms with Gasteiger partial charge >= 0.3 is 8.25 Å². The van der Waals surface area contributed by atoms with E-state index in [-0.39, 0.29) is 5.94 Å². The molecule has 0 aromatic carbocycles. The molecule has 4 nitrogen and oxygen atoms in total. The molecular weight excluding hydrogens is 199 g/mol. The highest BCUT2D eigenvalue weighted by Crippen LogP contribution is 2.13. The van der Waals surface area contributed by atoms with Crippen molar-refractivity contribution < 1.29 is 18.2 Å². The summed E-state index contributed by atoms with van der Waals surface area (Å²) >= 11 is 0. The minimum atomic E-state index is -2.58. The van der Waals surface area contributed by atoms with E-state index in [0.29, 0.717) is 0 Å². The van der Waals surface area contributed by atoms with Gasteiger partial charge in [-0.05, 0) is 0 Å². The van der Waals surface area contributed by atoms with Crippen LogP contribution in [0.3, 0.4) is 0 Å². The normalized spacial score (nSPS) is 12.8. The summed E-state index contributed by atoms with van der Waals surface area (Å²) < 4.78 is 23.9. The van der Waals surface area contributed by atoms with E-state index in [1.165, 1.54) is 19.1 Å². The molecule has 0 aliphatic carbocycles. The van der Waals surface area contributed by atoms with Crippen LogP contribution < -0.4 is 0 Å². The lowest BCUT2D eigenvalue weighted by Crippen LogP contribution is -1.93. The maximum Gasteiger partial charge on any atom is 0.695 e. The maximum atomic E-state index is 10.1. The smallest absolute Gasteiger partial charge is 0.257 e. The molecule has 0 rings (SSSR count). The average Bonchev–Trinajstić information content (AvgIpc) is 2.01. The van der Waals surface area contributed by atoms with Crippen molar-refractivity contribution in [2.75, 3.05) is 12.2 Å². The van der Waals surface area contributed by atoms with Crippen LogP contribution in [0.2, 0.25) is 0 Å². The third kappa shape index (κ3) is 22.5. The molecule has 0 radical (unpaired) electrons. The van der Waals surface area contributed by atoms with E-state index in [2.05, 4.69) is 18.4 Å². The van der Waals surface area contributed by atoms with Crippen molar-refractivity contribution in [2.24, 2.45) is 0 Å². The first-order valence-corrected chi connectivity index (χ1v) is 6.49. The van der Waals surface area contributed by atoms with Gasteiger partial charge in [-0.3, -0.25) is 4.21 Å². The molecule has 0 aliphatic heterocycles. The van der Waals surface area contributed by atoms with Crippen molar-refractivity contribution in [3.63, 3.8) is 0 Å². The molecule has 0 amide bonds. The predicted molar refractivity (Wildman–Crippen MR) is 50.4 cm³/mol. The summed E-state index contributed by atoms with van der Waals surface area (Å²) in [7, 11) is -3.73. The Hall–Kier alpha value is 0.170. The molecule has 0 saturated heterocycles. The molecule has 0 spiro atoms. The van der Waals surface area contributed by atoms with Gasteiger partial charge in [0.05, 0.1) is 0 Å². The second kappa shape index (κ2) is 11.2. The zero-order valence-corrected chi connectivity index (χ0v) is 9.36. The number of hydrogen-bond donors (Lipinski definition) is 1. The first-order chi connectivity index (χ1) is 5.54. The Bertz CT molecular complexity index is 124. The van der Waals surface area contributed by atoms with E-state index in [0.717, 1.165) is 0 Å². The molecule has 0 fully saturated rings. The van der Waals surface area contributed by atoms with Crippen LogP contribution in [0.1, 0.15) is 26.7 Å². The van der Waals surface area contributed by atoms with Crippen LogP contribution >= 0.6 is 8.25 Å². The molecule has 0 aromatic rings. The van der Waals surface area contributed by atoms with Crippen LogP contribution in [0.4, 0.5) is 0 Å². The van der Waals surface area contributed by atoms with Gasteiger partial charge in [0.15, 0.2) is 5.94 Å². The second-order valence-electron chi connectivity index (χ2n) is 2.06. The first-order valence-electron chi connectivity index (χ1n) is 3.63. The van der Waals surface area contributed by atoms with Crippen molar-refractivity contribution in [3.05, 3.63) is 0 Å². The van der Waals surface area contributed by atoms with E-state index in [9.17, 15) is 8.77 Å². The molecule has 0 heterocycles. The van der Waals surface area contributed by atoms with Gasteiger partial charge in [-0.2, -0.15) is 0 Å². The number of hydrogen-bond acceptors (Lipinski definition) is 3. The monoisotopic (exact) mass is 215 g/mol. The molecular formula is C6H16O4PS+. The van der Waals surface area contributed by atoms with Crippen molar-refractivity contribution >= 4 is 19.1 Å². The maximum absolute atomic E-state index is 10.1. The van der Waals surface area contributed by atoms with Crippen LogP contribution in [0, 0.1) is 0 Å². The fraction of sp³-hybridized carbons (Fsp3) is 1.00. The SMILES string of the molecule is CCCC.CS(=O)CO[P+](=O)O. The quantitative estimate of drug-likeness (QED) is 0.726.